The molecule has 1 saturated carbocycles. The topological polar surface area (TPSA) is 12.0 Å². The maximum atomic E-state index is 3.48. The van der Waals surface area contributed by atoms with Crippen LogP contribution in [0, 0.1) is 11.8 Å². The first kappa shape index (κ1) is 12.8. The third-order valence-corrected chi connectivity index (χ3v) is 3.22. The summed E-state index contributed by atoms with van der Waals surface area (Å²) in [6.45, 7) is 10.0. The first-order valence-corrected chi connectivity index (χ1v) is 6.39. The lowest BCUT2D eigenvalue weighted by Crippen LogP contribution is -2.35. The van der Waals surface area contributed by atoms with E-state index in [9.17, 15) is 0 Å². The van der Waals surface area contributed by atoms with Gasteiger partial charge in [0.2, 0.25) is 0 Å². The maximum absolute atomic E-state index is 3.48. The van der Waals surface area contributed by atoms with Crippen LogP contribution in [0.3, 0.4) is 0 Å². The molecule has 1 fully saturated rings. The molecule has 0 aromatic heterocycles. The zero-order valence-corrected chi connectivity index (χ0v) is 10.8. The van der Waals surface area contributed by atoms with Crippen LogP contribution in [-0.2, 0) is 0 Å². The van der Waals surface area contributed by atoms with Gasteiger partial charge in [0.15, 0.2) is 0 Å². The molecule has 0 atom stereocenters. The lowest BCUT2D eigenvalue weighted by atomic mass is 9.83. The Morgan fingerprint density at radius 1 is 1.13 bits per heavy atom. The van der Waals surface area contributed by atoms with Crippen molar-refractivity contribution in [2.75, 3.05) is 6.54 Å². The lowest BCUT2D eigenvalue weighted by molar-refractivity contribution is 0.330. The molecule has 1 aliphatic rings. The second-order valence-corrected chi connectivity index (χ2v) is 6.08. The van der Waals surface area contributed by atoms with Gasteiger partial charge in [-0.1, -0.05) is 31.9 Å². The Bertz CT molecular complexity index is 192. The highest BCUT2D eigenvalue weighted by Gasteiger charge is 2.15. The van der Waals surface area contributed by atoms with Gasteiger partial charge in [-0.05, 0) is 45.4 Å². The minimum atomic E-state index is 0.241. The zero-order valence-electron chi connectivity index (χ0n) is 10.8. The average molecular weight is 209 g/mol. The van der Waals surface area contributed by atoms with Crippen molar-refractivity contribution in [2.45, 2.75) is 58.9 Å². The molecule has 0 heterocycles. The van der Waals surface area contributed by atoms with Crippen molar-refractivity contribution in [1.82, 2.24) is 5.32 Å². The van der Waals surface area contributed by atoms with E-state index >= 15 is 0 Å². The van der Waals surface area contributed by atoms with Crippen LogP contribution < -0.4 is 5.32 Å². The molecule has 0 spiro atoms. The van der Waals surface area contributed by atoms with Crippen LogP contribution in [0.4, 0.5) is 0 Å². The molecule has 0 saturated heterocycles. The molecular weight excluding hydrogens is 182 g/mol. The van der Waals surface area contributed by atoms with E-state index in [0.717, 1.165) is 18.4 Å². The molecule has 0 aromatic rings. The van der Waals surface area contributed by atoms with Crippen molar-refractivity contribution < 1.29 is 0 Å². The molecule has 0 aliphatic heterocycles. The van der Waals surface area contributed by atoms with Crippen LogP contribution >= 0.6 is 0 Å². The van der Waals surface area contributed by atoms with Gasteiger partial charge < -0.3 is 5.32 Å². The molecule has 0 unspecified atom stereocenters. The summed E-state index contributed by atoms with van der Waals surface area (Å²) in [6.07, 6.45) is 10.4. The van der Waals surface area contributed by atoms with Crippen molar-refractivity contribution >= 4 is 0 Å². The Hall–Kier alpha value is -0.300. The molecule has 0 amide bonds. The van der Waals surface area contributed by atoms with Crippen LogP contribution in [0.2, 0.25) is 0 Å². The van der Waals surface area contributed by atoms with Crippen molar-refractivity contribution in [3.05, 3.63) is 12.2 Å². The van der Waals surface area contributed by atoms with Crippen molar-refractivity contribution in [3.63, 3.8) is 0 Å². The van der Waals surface area contributed by atoms with Gasteiger partial charge in [-0.3, -0.25) is 0 Å². The highest BCUT2D eigenvalue weighted by molar-refractivity contribution is 4.93. The van der Waals surface area contributed by atoms with Gasteiger partial charge >= 0.3 is 0 Å². The van der Waals surface area contributed by atoms with Gasteiger partial charge in [0.25, 0.3) is 0 Å². The van der Waals surface area contributed by atoms with Crippen LogP contribution in [0.25, 0.3) is 0 Å². The van der Waals surface area contributed by atoms with E-state index in [0.29, 0.717) is 0 Å². The maximum Gasteiger partial charge on any atom is 0.0139 e. The summed E-state index contributed by atoms with van der Waals surface area (Å²) in [6, 6.07) is 0. The minimum Gasteiger partial charge on any atom is -0.309 e. The first-order chi connectivity index (χ1) is 6.97. The zero-order chi connectivity index (χ0) is 11.3. The van der Waals surface area contributed by atoms with Crippen molar-refractivity contribution in [1.29, 1.82) is 0 Å². The summed E-state index contributed by atoms with van der Waals surface area (Å²) in [5.74, 6) is 1.81. The first-order valence-electron chi connectivity index (χ1n) is 6.39. The number of hydrogen-bond acceptors (Lipinski definition) is 1. The van der Waals surface area contributed by atoms with E-state index in [-0.39, 0.29) is 5.54 Å². The Morgan fingerprint density at radius 3 is 2.27 bits per heavy atom. The largest absolute Gasteiger partial charge is 0.309 e. The van der Waals surface area contributed by atoms with E-state index in [1.807, 2.05) is 0 Å². The van der Waals surface area contributed by atoms with E-state index < -0.39 is 0 Å². The summed E-state index contributed by atoms with van der Waals surface area (Å²) in [4.78, 5) is 0. The Kier molecular flexibility index (Phi) is 4.85. The molecule has 1 rings (SSSR count). The van der Waals surface area contributed by atoms with Gasteiger partial charge in [0, 0.05) is 12.1 Å². The minimum absolute atomic E-state index is 0.241. The van der Waals surface area contributed by atoms with Gasteiger partial charge in [-0.15, -0.1) is 0 Å². The fraction of sp³-hybridized carbons (Fsp3) is 0.857. The lowest BCUT2D eigenvalue weighted by Gasteiger charge is -2.24. The van der Waals surface area contributed by atoms with Gasteiger partial charge in [-0.2, -0.15) is 0 Å². The standard InChI is InChI=1S/C14H27N/c1-12-7-9-13(10-8-12)6-5-11-15-14(2,3)4/h5-6,12-13,15H,7-11H2,1-4H3. The molecule has 1 heteroatoms. The predicted molar refractivity (Wildman–Crippen MR) is 68.0 cm³/mol. The highest BCUT2D eigenvalue weighted by Crippen LogP contribution is 2.28. The van der Waals surface area contributed by atoms with E-state index in [2.05, 4.69) is 45.2 Å². The SMILES string of the molecule is CC1CCC(C=CCNC(C)(C)C)CC1. The molecule has 0 bridgehead atoms. The number of hydrogen-bond donors (Lipinski definition) is 1. The number of allylic oxidation sites excluding steroid dienone is 1. The summed E-state index contributed by atoms with van der Waals surface area (Å²) >= 11 is 0. The summed E-state index contributed by atoms with van der Waals surface area (Å²) < 4.78 is 0. The van der Waals surface area contributed by atoms with Crippen LogP contribution in [0.5, 0.6) is 0 Å². The van der Waals surface area contributed by atoms with Gasteiger partial charge in [0.05, 0.1) is 0 Å². The molecule has 1 N–H and O–H groups in total. The average Bonchev–Trinajstić information content (AvgIpc) is 2.14. The van der Waals surface area contributed by atoms with Gasteiger partial charge in [0.1, 0.15) is 0 Å². The Labute approximate surface area is 95.3 Å². The Morgan fingerprint density at radius 2 is 1.73 bits per heavy atom. The molecule has 0 aromatic carbocycles. The van der Waals surface area contributed by atoms with Crippen molar-refractivity contribution in [3.8, 4) is 0 Å². The van der Waals surface area contributed by atoms with E-state index in [4.69, 9.17) is 0 Å². The summed E-state index contributed by atoms with van der Waals surface area (Å²) in [5, 5.41) is 3.48. The van der Waals surface area contributed by atoms with Crippen LogP contribution in [0.15, 0.2) is 12.2 Å². The van der Waals surface area contributed by atoms with Crippen molar-refractivity contribution in [2.24, 2.45) is 11.8 Å². The second kappa shape index (κ2) is 5.69. The smallest absolute Gasteiger partial charge is 0.0139 e. The molecule has 1 nitrogen and oxygen atoms in total. The normalized spacial score (nSPS) is 28.5. The Balaban J connectivity index is 2.15. The quantitative estimate of drug-likeness (QED) is 0.698. The second-order valence-electron chi connectivity index (χ2n) is 6.08. The van der Waals surface area contributed by atoms with E-state index in [1.165, 1.54) is 25.7 Å². The summed E-state index contributed by atoms with van der Waals surface area (Å²) in [5.41, 5.74) is 0.241. The summed E-state index contributed by atoms with van der Waals surface area (Å²) in [7, 11) is 0. The fourth-order valence-electron chi connectivity index (χ4n) is 2.10. The molecule has 88 valence electrons. The van der Waals surface area contributed by atoms with Gasteiger partial charge in [-0.25, -0.2) is 0 Å². The number of nitrogens with one attached hydrogen (secondary N) is 1. The third-order valence-electron chi connectivity index (χ3n) is 3.22. The molecular formula is C14H27N. The fourth-order valence-corrected chi connectivity index (χ4v) is 2.10. The molecule has 1 aliphatic carbocycles. The monoisotopic (exact) mass is 209 g/mol. The number of rotatable bonds is 3. The highest BCUT2D eigenvalue weighted by atomic mass is 14.9. The predicted octanol–water partition coefficient (Wildman–Crippen LogP) is 3.76. The van der Waals surface area contributed by atoms with Crippen LogP contribution in [-0.4, -0.2) is 12.1 Å². The van der Waals surface area contributed by atoms with Crippen LogP contribution in [0.1, 0.15) is 53.4 Å². The molecule has 0 radical (unpaired) electrons. The third kappa shape index (κ3) is 5.99. The molecule has 15 heavy (non-hydrogen) atoms. The van der Waals surface area contributed by atoms with E-state index in [1.54, 1.807) is 0 Å².